The molecule has 1 rings (SSSR count). The third-order valence-electron chi connectivity index (χ3n) is 3.27. The lowest BCUT2D eigenvalue weighted by atomic mass is 10.0. The van der Waals surface area contributed by atoms with Crippen LogP contribution in [-0.4, -0.2) is 24.5 Å². The molecule has 0 bridgehead atoms. The molecule has 16 heavy (non-hydrogen) atoms. The molecule has 1 saturated heterocycles. The fourth-order valence-electron chi connectivity index (χ4n) is 2.30. The number of hydrogen-bond acceptors (Lipinski definition) is 2. The van der Waals surface area contributed by atoms with Gasteiger partial charge in [0.1, 0.15) is 0 Å². The summed E-state index contributed by atoms with van der Waals surface area (Å²) in [5.74, 6) is 0.215. The van der Waals surface area contributed by atoms with Gasteiger partial charge in [-0.15, -0.1) is 0 Å². The summed E-state index contributed by atoms with van der Waals surface area (Å²) in [4.78, 5) is 11.9. The normalized spacial score (nSPS) is 22.0. The van der Waals surface area contributed by atoms with Gasteiger partial charge in [-0.3, -0.25) is 4.79 Å². The van der Waals surface area contributed by atoms with Crippen molar-refractivity contribution in [3.8, 4) is 0 Å². The van der Waals surface area contributed by atoms with Gasteiger partial charge in [-0.25, -0.2) is 0 Å². The van der Waals surface area contributed by atoms with Crippen molar-refractivity contribution in [1.82, 2.24) is 10.6 Å². The van der Waals surface area contributed by atoms with Crippen LogP contribution in [0.25, 0.3) is 0 Å². The van der Waals surface area contributed by atoms with E-state index in [1.54, 1.807) is 0 Å². The molecule has 0 aromatic rings. The predicted octanol–water partition coefficient (Wildman–Crippen LogP) is 2.21. The summed E-state index contributed by atoms with van der Waals surface area (Å²) in [6.07, 6.45) is 7.93. The zero-order valence-electron chi connectivity index (χ0n) is 10.7. The molecule has 0 saturated carbocycles. The molecule has 1 aliphatic rings. The van der Waals surface area contributed by atoms with Crippen LogP contribution in [0.5, 0.6) is 0 Å². The molecular weight excluding hydrogens is 200 g/mol. The van der Waals surface area contributed by atoms with Crippen molar-refractivity contribution >= 4 is 5.91 Å². The van der Waals surface area contributed by atoms with Crippen LogP contribution in [-0.2, 0) is 4.79 Å². The number of carbonyl (C=O) groups is 1. The zero-order chi connectivity index (χ0) is 11.8. The molecule has 3 heteroatoms. The van der Waals surface area contributed by atoms with Crippen LogP contribution in [0.3, 0.4) is 0 Å². The Labute approximate surface area is 99.4 Å². The summed E-state index contributed by atoms with van der Waals surface area (Å²) in [6, 6.07) is 0.459. The molecule has 1 fully saturated rings. The topological polar surface area (TPSA) is 41.1 Å². The summed E-state index contributed by atoms with van der Waals surface area (Å²) >= 11 is 0. The van der Waals surface area contributed by atoms with Crippen LogP contribution in [0.1, 0.15) is 58.8 Å². The molecule has 1 aliphatic heterocycles. The minimum absolute atomic E-state index is 0.0704. The van der Waals surface area contributed by atoms with Gasteiger partial charge in [-0.1, -0.05) is 33.1 Å². The van der Waals surface area contributed by atoms with Crippen LogP contribution < -0.4 is 10.6 Å². The summed E-state index contributed by atoms with van der Waals surface area (Å²) in [6.45, 7) is 5.37. The van der Waals surface area contributed by atoms with E-state index in [4.69, 9.17) is 0 Å². The molecule has 1 amide bonds. The molecule has 2 unspecified atom stereocenters. The highest BCUT2D eigenvalue weighted by molar-refractivity contribution is 5.82. The molecule has 2 N–H and O–H groups in total. The van der Waals surface area contributed by atoms with Crippen molar-refractivity contribution in [2.75, 3.05) is 6.54 Å². The van der Waals surface area contributed by atoms with Gasteiger partial charge < -0.3 is 10.6 Å². The van der Waals surface area contributed by atoms with Gasteiger partial charge in [0.25, 0.3) is 0 Å². The second-order valence-corrected chi connectivity index (χ2v) is 4.79. The molecular formula is C13H26N2O. The van der Waals surface area contributed by atoms with E-state index in [1.165, 1.54) is 12.8 Å². The minimum Gasteiger partial charge on any atom is -0.352 e. The van der Waals surface area contributed by atoms with E-state index in [2.05, 4.69) is 24.5 Å². The molecule has 0 aliphatic carbocycles. The third-order valence-corrected chi connectivity index (χ3v) is 3.27. The second kappa shape index (κ2) is 7.66. The van der Waals surface area contributed by atoms with Gasteiger partial charge in [-0.05, 0) is 32.2 Å². The van der Waals surface area contributed by atoms with Gasteiger partial charge in [0.2, 0.25) is 5.91 Å². The maximum Gasteiger partial charge on any atom is 0.237 e. The first kappa shape index (κ1) is 13.5. The van der Waals surface area contributed by atoms with Crippen LogP contribution in [0.15, 0.2) is 0 Å². The summed E-state index contributed by atoms with van der Waals surface area (Å²) in [5, 5.41) is 6.44. The molecule has 1 heterocycles. The van der Waals surface area contributed by atoms with Crippen LogP contribution in [0, 0.1) is 0 Å². The Kier molecular flexibility index (Phi) is 6.46. The summed E-state index contributed by atoms with van der Waals surface area (Å²) in [7, 11) is 0. The van der Waals surface area contributed by atoms with E-state index in [9.17, 15) is 4.79 Å². The third kappa shape index (κ3) is 4.52. The average molecular weight is 226 g/mol. The Morgan fingerprint density at radius 3 is 2.75 bits per heavy atom. The van der Waals surface area contributed by atoms with Crippen LogP contribution in [0.4, 0.5) is 0 Å². The number of rotatable bonds is 7. The fourth-order valence-corrected chi connectivity index (χ4v) is 2.30. The first-order valence-electron chi connectivity index (χ1n) is 6.81. The molecule has 3 nitrogen and oxygen atoms in total. The van der Waals surface area contributed by atoms with E-state index in [0.717, 1.165) is 38.6 Å². The van der Waals surface area contributed by atoms with Gasteiger partial charge >= 0.3 is 0 Å². The van der Waals surface area contributed by atoms with Gasteiger partial charge in [0, 0.05) is 6.04 Å². The Morgan fingerprint density at radius 1 is 1.38 bits per heavy atom. The maximum absolute atomic E-state index is 11.9. The lowest BCUT2D eigenvalue weighted by molar-refractivity contribution is -0.123. The minimum atomic E-state index is 0.0704. The van der Waals surface area contributed by atoms with Crippen molar-refractivity contribution in [2.45, 2.75) is 70.9 Å². The monoisotopic (exact) mass is 226 g/mol. The zero-order valence-corrected chi connectivity index (χ0v) is 10.7. The SMILES string of the molecule is CCCCC(CCC)NC(=O)C1CCCN1. The molecule has 0 aromatic carbocycles. The predicted molar refractivity (Wildman–Crippen MR) is 67.4 cm³/mol. The van der Waals surface area contributed by atoms with Gasteiger partial charge in [0.05, 0.1) is 6.04 Å². The van der Waals surface area contributed by atoms with Crippen molar-refractivity contribution in [3.63, 3.8) is 0 Å². The van der Waals surface area contributed by atoms with Crippen LogP contribution >= 0.6 is 0 Å². The standard InChI is InChI=1S/C13H26N2O/c1-3-5-8-11(7-4-2)15-13(16)12-9-6-10-14-12/h11-12,14H,3-10H2,1-2H3,(H,15,16). The highest BCUT2D eigenvalue weighted by Crippen LogP contribution is 2.09. The molecule has 0 spiro atoms. The largest absolute Gasteiger partial charge is 0.352 e. The number of unbranched alkanes of at least 4 members (excludes halogenated alkanes) is 1. The Balaban J connectivity index is 2.30. The van der Waals surface area contributed by atoms with Crippen molar-refractivity contribution in [1.29, 1.82) is 0 Å². The highest BCUT2D eigenvalue weighted by atomic mass is 16.2. The van der Waals surface area contributed by atoms with E-state index >= 15 is 0 Å². The van der Waals surface area contributed by atoms with E-state index < -0.39 is 0 Å². The first-order chi connectivity index (χ1) is 7.77. The number of carbonyl (C=O) groups excluding carboxylic acids is 1. The summed E-state index contributed by atoms with van der Waals surface area (Å²) in [5.41, 5.74) is 0. The van der Waals surface area contributed by atoms with Gasteiger partial charge in [-0.2, -0.15) is 0 Å². The molecule has 94 valence electrons. The smallest absolute Gasteiger partial charge is 0.237 e. The first-order valence-corrected chi connectivity index (χ1v) is 6.81. The number of nitrogens with one attached hydrogen (secondary N) is 2. The van der Waals surface area contributed by atoms with Crippen molar-refractivity contribution < 1.29 is 4.79 Å². The number of hydrogen-bond donors (Lipinski definition) is 2. The van der Waals surface area contributed by atoms with E-state index in [-0.39, 0.29) is 11.9 Å². The molecule has 2 atom stereocenters. The highest BCUT2D eigenvalue weighted by Gasteiger charge is 2.23. The average Bonchev–Trinajstić information content (AvgIpc) is 2.79. The lowest BCUT2D eigenvalue weighted by Gasteiger charge is -2.20. The van der Waals surface area contributed by atoms with E-state index in [0.29, 0.717) is 6.04 Å². The van der Waals surface area contributed by atoms with E-state index in [1.807, 2.05) is 0 Å². The quantitative estimate of drug-likeness (QED) is 0.699. The van der Waals surface area contributed by atoms with Crippen molar-refractivity contribution in [2.24, 2.45) is 0 Å². The lowest BCUT2D eigenvalue weighted by Crippen LogP contribution is -2.45. The summed E-state index contributed by atoms with van der Waals surface area (Å²) < 4.78 is 0. The molecule has 0 radical (unpaired) electrons. The Hall–Kier alpha value is -0.570. The fraction of sp³-hybridized carbons (Fsp3) is 0.923. The maximum atomic E-state index is 11.9. The number of amides is 1. The van der Waals surface area contributed by atoms with Crippen molar-refractivity contribution in [3.05, 3.63) is 0 Å². The van der Waals surface area contributed by atoms with Gasteiger partial charge in [0.15, 0.2) is 0 Å². The molecule has 0 aromatic heterocycles. The second-order valence-electron chi connectivity index (χ2n) is 4.79. The Bertz CT molecular complexity index is 200. The van der Waals surface area contributed by atoms with Crippen LogP contribution in [0.2, 0.25) is 0 Å². The Morgan fingerprint density at radius 2 is 2.19 bits per heavy atom.